The van der Waals surface area contributed by atoms with Crippen molar-refractivity contribution in [3.05, 3.63) is 28.6 Å². The zero-order valence-electron chi connectivity index (χ0n) is 9.71. The number of hydrogen-bond acceptors (Lipinski definition) is 2. The molecular weight excluding hydrogens is 184 g/mol. The molecule has 2 N–H and O–H groups in total. The maximum atomic E-state index is 5.82. The molecule has 0 fully saturated rings. The minimum absolute atomic E-state index is 0.502. The summed E-state index contributed by atoms with van der Waals surface area (Å²) in [5.74, 6) is 0.502. The van der Waals surface area contributed by atoms with Crippen molar-refractivity contribution in [1.29, 1.82) is 0 Å². The van der Waals surface area contributed by atoms with Gasteiger partial charge in [-0.25, -0.2) is 0 Å². The van der Waals surface area contributed by atoms with Gasteiger partial charge in [0.2, 0.25) is 0 Å². The fourth-order valence-electron chi connectivity index (χ4n) is 2.29. The molecule has 0 aromatic carbocycles. The van der Waals surface area contributed by atoms with Crippen molar-refractivity contribution < 1.29 is 0 Å². The van der Waals surface area contributed by atoms with Crippen LogP contribution in [0.25, 0.3) is 0 Å². The molecule has 82 valence electrons. The van der Waals surface area contributed by atoms with E-state index in [2.05, 4.69) is 19.9 Å². The summed E-state index contributed by atoms with van der Waals surface area (Å²) < 4.78 is 0. The Morgan fingerprint density at radius 3 is 2.73 bits per heavy atom. The topological polar surface area (TPSA) is 38.9 Å². The highest BCUT2D eigenvalue weighted by Gasteiger charge is 2.16. The molecule has 1 aromatic rings. The van der Waals surface area contributed by atoms with Gasteiger partial charge in [0.15, 0.2) is 0 Å². The normalized spacial score (nSPS) is 15.5. The second kappa shape index (κ2) is 4.31. The summed E-state index contributed by atoms with van der Waals surface area (Å²) in [6, 6.07) is 2.20. The molecule has 1 aliphatic carbocycles. The quantitative estimate of drug-likeness (QED) is 0.804. The fourth-order valence-corrected chi connectivity index (χ4v) is 2.29. The second-order valence-corrected chi connectivity index (χ2v) is 4.70. The molecule has 0 spiro atoms. The van der Waals surface area contributed by atoms with Crippen molar-refractivity contribution in [2.45, 2.75) is 52.0 Å². The van der Waals surface area contributed by atoms with Crippen LogP contribution >= 0.6 is 0 Å². The van der Waals surface area contributed by atoms with Gasteiger partial charge in [-0.15, -0.1) is 0 Å². The lowest BCUT2D eigenvalue weighted by Crippen LogP contribution is -2.13. The molecule has 0 radical (unpaired) electrons. The standard InChI is InChI=1S/C13H20N2/c1-9(2)13-7-10(8-14)11-5-3-4-6-12(11)15-13/h7,9H,3-6,8,14H2,1-2H3. The van der Waals surface area contributed by atoms with Crippen LogP contribution in [0.4, 0.5) is 0 Å². The van der Waals surface area contributed by atoms with Crippen molar-refractivity contribution >= 4 is 0 Å². The van der Waals surface area contributed by atoms with Crippen molar-refractivity contribution in [3.8, 4) is 0 Å². The van der Waals surface area contributed by atoms with E-state index < -0.39 is 0 Å². The van der Waals surface area contributed by atoms with E-state index >= 15 is 0 Å². The fraction of sp³-hybridized carbons (Fsp3) is 0.615. The second-order valence-electron chi connectivity index (χ2n) is 4.70. The van der Waals surface area contributed by atoms with E-state index in [-0.39, 0.29) is 0 Å². The molecule has 0 amide bonds. The van der Waals surface area contributed by atoms with Crippen LogP contribution < -0.4 is 5.73 Å². The van der Waals surface area contributed by atoms with Gasteiger partial charge in [0.05, 0.1) is 0 Å². The van der Waals surface area contributed by atoms with E-state index in [1.807, 2.05) is 0 Å². The molecule has 0 atom stereocenters. The summed E-state index contributed by atoms with van der Waals surface area (Å²) in [6.07, 6.45) is 4.89. The molecule has 0 saturated heterocycles. The van der Waals surface area contributed by atoms with Gasteiger partial charge in [0.25, 0.3) is 0 Å². The van der Waals surface area contributed by atoms with Crippen LogP contribution in [0.5, 0.6) is 0 Å². The highest BCUT2D eigenvalue weighted by atomic mass is 14.7. The van der Waals surface area contributed by atoms with Gasteiger partial charge in [-0.3, -0.25) is 4.98 Å². The Morgan fingerprint density at radius 2 is 2.07 bits per heavy atom. The molecule has 0 saturated carbocycles. The van der Waals surface area contributed by atoms with Crippen molar-refractivity contribution in [1.82, 2.24) is 4.98 Å². The Balaban J connectivity index is 2.48. The first-order valence-corrected chi connectivity index (χ1v) is 5.94. The predicted octanol–water partition coefficient (Wildman–Crippen LogP) is 2.54. The highest BCUT2D eigenvalue weighted by molar-refractivity contribution is 5.35. The first kappa shape index (κ1) is 10.6. The summed E-state index contributed by atoms with van der Waals surface area (Å²) >= 11 is 0. The Bertz CT molecular complexity index is 339. The van der Waals surface area contributed by atoms with E-state index in [0.717, 1.165) is 6.42 Å². The molecule has 15 heavy (non-hydrogen) atoms. The number of hydrogen-bond donors (Lipinski definition) is 1. The average molecular weight is 204 g/mol. The van der Waals surface area contributed by atoms with Crippen LogP contribution in [0.15, 0.2) is 6.07 Å². The zero-order chi connectivity index (χ0) is 10.8. The summed E-state index contributed by atoms with van der Waals surface area (Å²) in [6.45, 7) is 5.04. The van der Waals surface area contributed by atoms with E-state index in [1.54, 1.807) is 0 Å². The molecule has 0 bridgehead atoms. The molecule has 1 aliphatic rings. The summed E-state index contributed by atoms with van der Waals surface area (Å²) in [5.41, 5.74) is 11.1. The molecule has 2 nitrogen and oxygen atoms in total. The molecule has 2 heteroatoms. The van der Waals surface area contributed by atoms with E-state index in [0.29, 0.717) is 12.5 Å². The van der Waals surface area contributed by atoms with Gasteiger partial charge >= 0.3 is 0 Å². The maximum Gasteiger partial charge on any atom is 0.0442 e. The summed E-state index contributed by atoms with van der Waals surface area (Å²) in [7, 11) is 0. The first-order valence-electron chi connectivity index (χ1n) is 5.94. The van der Waals surface area contributed by atoms with Gasteiger partial charge in [-0.05, 0) is 48.8 Å². The van der Waals surface area contributed by atoms with E-state index in [4.69, 9.17) is 10.7 Å². The lowest BCUT2D eigenvalue weighted by atomic mass is 9.90. The third-order valence-electron chi connectivity index (χ3n) is 3.22. The van der Waals surface area contributed by atoms with Crippen LogP contribution in [0.1, 0.15) is 55.1 Å². The number of pyridine rings is 1. The molecule has 1 heterocycles. The lowest BCUT2D eigenvalue weighted by Gasteiger charge is -2.20. The number of fused-ring (bicyclic) bond motifs is 1. The van der Waals surface area contributed by atoms with Crippen LogP contribution in [0, 0.1) is 0 Å². The summed E-state index contributed by atoms with van der Waals surface area (Å²) in [4.78, 5) is 4.77. The average Bonchev–Trinajstić information content (AvgIpc) is 2.27. The van der Waals surface area contributed by atoms with Gasteiger partial charge in [-0.2, -0.15) is 0 Å². The first-order chi connectivity index (χ1) is 7.22. The number of aryl methyl sites for hydroxylation is 1. The minimum atomic E-state index is 0.502. The minimum Gasteiger partial charge on any atom is -0.326 e. The molecule has 0 aliphatic heterocycles. The van der Waals surface area contributed by atoms with Gasteiger partial charge in [0, 0.05) is 17.9 Å². The van der Waals surface area contributed by atoms with Gasteiger partial charge in [0.1, 0.15) is 0 Å². The highest BCUT2D eigenvalue weighted by Crippen LogP contribution is 2.25. The SMILES string of the molecule is CC(C)c1cc(CN)c2c(n1)CCCC2. The van der Waals surface area contributed by atoms with E-state index in [1.165, 1.54) is 41.8 Å². The van der Waals surface area contributed by atoms with Crippen LogP contribution in [-0.4, -0.2) is 4.98 Å². The van der Waals surface area contributed by atoms with Crippen molar-refractivity contribution in [2.75, 3.05) is 0 Å². The van der Waals surface area contributed by atoms with Crippen molar-refractivity contribution in [3.63, 3.8) is 0 Å². The summed E-state index contributed by atoms with van der Waals surface area (Å²) in [5, 5.41) is 0. The number of nitrogens with two attached hydrogens (primary N) is 1. The third-order valence-corrected chi connectivity index (χ3v) is 3.22. The van der Waals surface area contributed by atoms with Gasteiger partial charge in [-0.1, -0.05) is 13.8 Å². The van der Waals surface area contributed by atoms with Crippen LogP contribution in [0.2, 0.25) is 0 Å². The van der Waals surface area contributed by atoms with Crippen molar-refractivity contribution in [2.24, 2.45) is 5.73 Å². The Morgan fingerprint density at radius 1 is 1.33 bits per heavy atom. The predicted molar refractivity (Wildman–Crippen MR) is 62.9 cm³/mol. The monoisotopic (exact) mass is 204 g/mol. The number of nitrogens with zero attached hydrogens (tertiary/aromatic N) is 1. The molecular formula is C13H20N2. The maximum absolute atomic E-state index is 5.82. The van der Waals surface area contributed by atoms with Gasteiger partial charge < -0.3 is 5.73 Å². The largest absolute Gasteiger partial charge is 0.326 e. The zero-order valence-corrected chi connectivity index (χ0v) is 9.71. The molecule has 0 unspecified atom stereocenters. The third kappa shape index (κ3) is 2.05. The van der Waals surface area contributed by atoms with Crippen LogP contribution in [0.3, 0.4) is 0 Å². The molecule has 2 rings (SSSR count). The lowest BCUT2D eigenvalue weighted by molar-refractivity contribution is 0.649. The smallest absolute Gasteiger partial charge is 0.0442 e. The van der Waals surface area contributed by atoms with Crippen LogP contribution in [-0.2, 0) is 19.4 Å². The Kier molecular flexibility index (Phi) is 3.06. The number of aromatic nitrogens is 1. The van der Waals surface area contributed by atoms with E-state index in [9.17, 15) is 0 Å². The Labute approximate surface area is 91.9 Å². The Hall–Kier alpha value is -0.890. The molecule has 1 aromatic heterocycles. The number of rotatable bonds is 2.